The number of nitrogens with zero attached hydrogens (tertiary/aromatic N) is 2. The highest BCUT2D eigenvalue weighted by Crippen LogP contribution is 2.37. The van der Waals surface area contributed by atoms with Crippen LogP contribution in [0.25, 0.3) is 0 Å². The number of anilines is 1. The number of fused-ring (bicyclic) bond motifs is 1. The Kier molecular flexibility index (Phi) is 6.51. The van der Waals surface area contributed by atoms with Crippen molar-refractivity contribution in [3.8, 4) is 5.75 Å². The summed E-state index contributed by atoms with van der Waals surface area (Å²) in [6.07, 6.45) is 1.46. The van der Waals surface area contributed by atoms with E-state index >= 15 is 0 Å². The highest BCUT2D eigenvalue weighted by atomic mass is 35.5. The molecule has 1 aromatic heterocycles. The summed E-state index contributed by atoms with van der Waals surface area (Å²) in [5.41, 5.74) is -1.04. The average molecular weight is 528 g/mol. The molecule has 4 rings (SSSR count). The minimum absolute atomic E-state index is 0.0730. The largest absolute Gasteiger partial charge is 0.488 e. The Hall–Kier alpha value is -3.16. The van der Waals surface area contributed by atoms with Gasteiger partial charge >= 0.3 is 11.8 Å². The highest BCUT2D eigenvalue weighted by molar-refractivity contribution is 7.89. The number of hydrogen-bond acceptors (Lipinski definition) is 6. The Morgan fingerprint density at radius 1 is 1.31 bits per heavy atom. The number of hydrogen-bond donors (Lipinski definition) is 3. The average Bonchev–Trinajstić information content (AvgIpc) is 3.33. The Labute approximate surface area is 205 Å². The highest BCUT2D eigenvalue weighted by Gasteiger charge is 2.48. The van der Waals surface area contributed by atoms with Crippen LogP contribution in [0.5, 0.6) is 5.75 Å². The van der Waals surface area contributed by atoms with Gasteiger partial charge in [-0.15, -0.1) is 0 Å². The molecular formula is C21H23ClFN5O6S. The van der Waals surface area contributed by atoms with Crippen molar-refractivity contribution in [2.45, 2.75) is 23.8 Å². The maximum absolute atomic E-state index is 13.4. The summed E-state index contributed by atoms with van der Waals surface area (Å²) in [5.74, 6) is -3.04. The predicted octanol–water partition coefficient (Wildman–Crippen LogP) is 0.848. The zero-order chi connectivity index (χ0) is 25.5. The van der Waals surface area contributed by atoms with Crippen molar-refractivity contribution in [1.29, 1.82) is 0 Å². The first-order valence-electron chi connectivity index (χ1n) is 10.7. The van der Waals surface area contributed by atoms with Gasteiger partial charge in [0.15, 0.2) is 11.4 Å². The lowest BCUT2D eigenvalue weighted by atomic mass is 10.0. The third kappa shape index (κ3) is 4.70. The molecule has 1 fully saturated rings. The number of likely N-dealkylation sites (tertiary alicyclic amines) is 1. The molecule has 2 aliphatic heterocycles. The van der Waals surface area contributed by atoms with Crippen LogP contribution in [0.1, 0.15) is 23.8 Å². The Balaban J connectivity index is 1.60. The lowest BCUT2D eigenvalue weighted by Crippen LogP contribution is -2.54. The molecule has 14 heteroatoms. The SMILES string of the molecule is CCNC(=O)C(=O)N1CC[C@]2(COc3c(cn(C)c3C(=O)Nc3ccc(F)c(Cl)c3)S(=O)(=O)N2)C1. The molecule has 35 heavy (non-hydrogen) atoms. The van der Waals surface area contributed by atoms with E-state index < -0.39 is 39.1 Å². The van der Waals surface area contributed by atoms with Crippen LogP contribution in [0.3, 0.4) is 0 Å². The van der Waals surface area contributed by atoms with Gasteiger partial charge < -0.3 is 24.8 Å². The predicted molar refractivity (Wildman–Crippen MR) is 123 cm³/mol. The number of rotatable bonds is 3. The van der Waals surface area contributed by atoms with Gasteiger partial charge in [-0.1, -0.05) is 11.6 Å². The molecule has 0 saturated carbocycles. The molecule has 11 nitrogen and oxygen atoms in total. The van der Waals surface area contributed by atoms with Crippen molar-refractivity contribution in [3.05, 3.63) is 40.9 Å². The Morgan fingerprint density at radius 2 is 2.06 bits per heavy atom. The molecule has 2 aliphatic rings. The summed E-state index contributed by atoms with van der Waals surface area (Å²) in [6, 6.07) is 3.63. The first kappa shape index (κ1) is 24.9. The van der Waals surface area contributed by atoms with Crippen LogP contribution in [-0.2, 0) is 26.7 Å². The molecule has 1 atom stereocenters. The van der Waals surface area contributed by atoms with E-state index in [1.807, 2.05) is 0 Å². The molecule has 1 aromatic carbocycles. The number of benzene rings is 1. The van der Waals surface area contributed by atoms with Crippen LogP contribution >= 0.6 is 11.6 Å². The van der Waals surface area contributed by atoms with Gasteiger partial charge in [0.1, 0.15) is 17.3 Å². The van der Waals surface area contributed by atoms with E-state index in [2.05, 4.69) is 15.4 Å². The monoisotopic (exact) mass is 527 g/mol. The third-order valence-electron chi connectivity index (χ3n) is 5.80. The maximum atomic E-state index is 13.4. The summed E-state index contributed by atoms with van der Waals surface area (Å²) in [4.78, 5) is 38.4. The molecular weight excluding hydrogens is 505 g/mol. The van der Waals surface area contributed by atoms with Gasteiger partial charge in [0, 0.05) is 38.6 Å². The van der Waals surface area contributed by atoms with Crippen LogP contribution in [0.15, 0.2) is 29.3 Å². The summed E-state index contributed by atoms with van der Waals surface area (Å²) in [5, 5.41) is 4.80. The number of ether oxygens (including phenoxy) is 1. The van der Waals surface area contributed by atoms with Gasteiger partial charge in [0.05, 0.1) is 10.6 Å². The van der Waals surface area contributed by atoms with E-state index in [4.69, 9.17) is 16.3 Å². The first-order chi connectivity index (χ1) is 16.5. The fourth-order valence-corrected chi connectivity index (χ4v) is 5.92. The van der Waals surface area contributed by atoms with Crippen molar-refractivity contribution < 1.29 is 31.9 Å². The fraction of sp³-hybridized carbons (Fsp3) is 0.381. The lowest BCUT2D eigenvalue weighted by Gasteiger charge is -2.27. The van der Waals surface area contributed by atoms with Gasteiger partial charge in [0.25, 0.3) is 5.91 Å². The number of aromatic nitrogens is 1. The molecule has 1 saturated heterocycles. The Bertz CT molecular complexity index is 1330. The quantitative estimate of drug-likeness (QED) is 0.506. The fourth-order valence-electron chi connectivity index (χ4n) is 4.14. The molecule has 3 heterocycles. The lowest BCUT2D eigenvalue weighted by molar-refractivity contribution is -0.145. The number of likely N-dealkylation sites (N-methyl/N-ethyl adjacent to an activating group) is 1. The second kappa shape index (κ2) is 9.13. The van der Waals surface area contributed by atoms with E-state index in [1.165, 1.54) is 34.8 Å². The van der Waals surface area contributed by atoms with Crippen LogP contribution in [0.4, 0.5) is 10.1 Å². The Morgan fingerprint density at radius 3 is 2.74 bits per heavy atom. The second-order valence-electron chi connectivity index (χ2n) is 8.38. The summed E-state index contributed by atoms with van der Waals surface area (Å²) < 4.78 is 49.7. The molecule has 188 valence electrons. The van der Waals surface area contributed by atoms with Crippen molar-refractivity contribution in [2.24, 2.45) is 7.05 Å². The van der Waals surface area contributed by atoms with Crippen molar-refractivity contribution in [1.82, 2.24) is 19.5 Å². The van der Waals surface area contributed by atoms with Crippen molar-refractivity contribution in [2.75, 3.05) is 31.6 Å². The van der Waals surface area contributed by atoms with E-state index in [0.717, 1.165) is 6.07 Å². The molecule has 3 N–H and O–H groups in total. The smallest absolute Gasteiger partial charge is 0.311 e. The van der Waals surface area contributed by atoms with E-state index in [-0.39, 0.29) is 59.7 Å². The van der Waals surface area contributed by atoms with Crippen molar-refractivity contribution in [3.63, 3.8) is 0 Å². The van der Waals surface area contributed by atoms with Crippen LogP contribution < -0.4 is 20.1 Å². The van der Waals surface area contributed by atoms with E-state index in [9.17, 15) is 27.2 Å². The van der Waals surface area contributed by atoms with Gasteiger partial charge in [-0.05, 0) is 31.5 Å². The van der Waals surface area contributed by atoms with Gasteiger partial charge in [0.2, 0.25) is 10.0 Å². The summed E-state index contributed by atoms with van der Waals surface area (Å²) in [7, 11) is -2.67. The number of halogens is 2. The number of amides is 3. The molecule has 0 radical (unpaired) electrons. The summed E-state index contributed by atoms with van der Waals surface area (Å²) in [6.45, 7) is 1.86. The van der Waals surface area contributed by atoms with E-state index in [1.54, 1.807) is 6.92 Å². The molecule has 2 aromatic rings. The van der Waals surface area contributed by atoms with Gasteiger partial charge in [-0.25, -0.2) is 12.8 Å². The number of nitrogens with one attached hydrogen (secondary N) is 3. The molecule has 3 amide bonds. The van der Waals surface area contributed by atoms with Crippen LogP contribution in [-0.4, -0.2) is 67.4 Å². The topological polar surface area (TPSA) is 139 Å². The van der Waals surface area contributed by atoms with Crippen LogP contribution in [0, 0.1) is 5.82 Å². The number of carbonyl (C=O) groups is 3. The van der Waals surface area contributed by atoms with Gasteiger partial charge in [-0.3, -0.25) is 14.4 Å². The first-order valence-corrected chi connectivity index (χ1v) is 12.5. The standard InChI is InChI=1S/C21H23ClFN5O6S/c1-3-24-19(30)20(31)28-7-6-21(10-28)11-34-17-15(35(32,33)26-21)9-27(2)16(17)18(29)25-12-4-5-14(23)13(22)8-12/h4-5,8-9,26H,3,6-7,10-11H2,1-2H3,(H,24,30)(H,25,29)/t21-/m1/s1. The summed E-state index contributed by atoms with van der Waals surface area (Å²) >= 11 is 5.77. The number of carbonyl (C=O) groups excluding carboxylic acids is 3. The van der Waals surface area contributed by atoms with Gasteiger partial charge in [-0.2, -0.15) is 4.72 Å². The second-order valence-corrected chi connectivity index (χ2v) is 10.4. The minimum atomic E-state index is -4.16. The number of aryl methyl sites for hydroxylation is 1. The van der Waals surface area contributed by atoms with Crippen molar-refractivity contribution >= 4 is 45.0 Å². The van der Waals surface area contributed by atoms with Crippen LogP contribution in [0.2, 0.25) is 5.02 Å². The zero-order valence-corrected chi connectivity index (χ0v) is 20.4. The molecule has 0 aliphatic carbocycles. The third-order valence-corrected chi connectivity index (χ3v) is 7.66. The minimum Gasteiger partial charge on any atom is -0.488 e. The molecule has 0 unspecified atom stereocenters. The maximum Gasteiger partial charge on any atom is 0.311 e. The molecule has 1 spiro atoms. The molecule has 0 bridgehead atoms. The number of sulfonamides is 1. The zero-order valence-electron chi connectivity index (χ0n) is 18.9. The normalized spacial score (nSPS) is 20.6. The van der Waals surface area contributed by atoms with E-state index in [0.29, 0.717) is 0 Å².